The summed E-state index contributed by atoms with van der Waals surface area (Å²) in [5, 5.41) is 1.07. The number of ether oxygens (including phenoxy) is 1. The van der Waals surface area contributed by atoms with Gasteiger partial charge < -0.3 is 15.5 Å². The number of nitrogens with two attached hydrogens (primary N) is 1. The van der Waals surface area contributed by atoms with Crippen LogP contribution in [0, 0.1) is 0 Å². The molecule has 1 aromatic carbocycles. The van der Waals surface area contributed by atoms with Crippen molar-refractivity contribution in [2.24, 2.45) is 0 Å². The lowest BCUT2D eigenvalue weighted by Gasteiger charge is -2.41. The number of anilines is 1. The molecule has 178 valence electrons. The number of imidazole rings is 1. The van der Waals surface area contributed by atoms with Crippen LogP contribution in [-0.4, -0.2) is 78.6 Å². The number of pyridine rings is 1. The molecule has 3 N–H and O–H groups in total. The van der Waals surface area contributed by atoms with E-state index in [0.29, 0.717) is 25.5 Å². The number of quaternary nitrogens is 1. The van der Waals surface area contributed by atoms with Gasteiger partial charge in [0.1, 0.15) is 34.1 Å². The van der Waals surface area contributed by atoms with Crippen LogP contribution in [0.25, 0.3) is 21.9 Å². The predicted molar refractivity (Wildman–Crippen MR) is 134 cm³/mol. The number of aromatic amines is 1. The number of nitrogens with zero attached hydrogens (tertiary/aromatic N) is 4. The van der Waals surface area contributed by atoms with Crippen LogP contribution in [0.4, 0.5) is 11.5 Å². The molecule has 3 heterocycles. The van der Waals surface area contributed by atoms with E-state index >= 15 is 0 Å². The molecule has 3 aromatic rings. The molecule has 4 rings (SSSR count). The number of piperazine rings is 1. The van der Waals surface area contributed by atoms with Gasteiger partial charge in [0.15, 0.2) is 0 Å². The highest BCUT2D eigenvalue weighted by Crippen LogP contribution is 2.32. The first-order chi connectivity index (χ1) is 15.9. The van der Waals surface area contributed by atoms with E-state index in [1.807, 2.05) is 0 Å². The third-order valence-electron chi connectivity index (χ3n) is 6.85. The van der Waals surface area contributed by atoms with Crippen molar-refractivity contribution in [2.45, 2.75) is 39.5 Å². The first-order valence-electron chi connectivity index (χ1n) is 12.1. The van der Waals surface area contributed by atoms with Gasteiger partial charge in [0, 0.05) is 50.0 Å². The topological polar surface area (TPSA) is 97.1 Å². The minimum atomic E-state index is 0.179. The van der Waals surface area contributed by atoms with Gasteiger partial charge in [0.05, 0.1) is 38.9 Å². The smallest absolute Gasteiger partial charge is 0.150 e. The van der Waals surface area contributed by atoms with E-state index in [0.717, 1.165) is 84.2 Å². The lowest BCUT2D eigenvalue weighted by Crippen LogP contribution is -2.58. The SMILES string of the molecule is CCCCc1nc2c([nH]1)c(N)nc1ccc([N+]3(C)CCN(CCOCCC(C)=O)CC3)cc12. The van der Waals surface area contributed by atoms with Crippen molar-refractivity contribution in [1.29, 1.82) is 0 Å². The fourth-order valence-corrected chi connectivity index (χ4v) is 4.54. The molecule has 0 unspecified atom stereocenters. The molecule has 0 radical (unpaired) electrons. The summed E-state index contributed by atoms with van der Waals surface area (Å²) in [6.07, 6.45) is 3.66. The summed E-state index contributed by atoms with van der Waals surface area (Å²) in [6.45, 7) is 10.0. The molecule has 8 heteroatoms. The number of benzene rings is 1. The molecule has 0 bridgehead atoms. The monoisotopic (exact) mass is 453 g/mol. The zero-order valence-corrected chi connectivity index (χ0v) is 20.2. The van der Waals surface area contributed by atoms with Crippen LogP contribution in [0.2, 0.25) is 0 Å². The zero-order valence-electron chi connectivity index (χ0n) is 20.2. The lowest BCUT2D eigenvalue weighted by atomic mass is 10.1. The Kier molecular flexibility index (Phi) is 7.26. The van der Waals surface area contributed by atoms with Crippen molar-refractivity contribution in [3.05, 3.63) is 24.0 Å². The van der Waals surface area contributed by atoms with Crippen LogP contribution in [0.15, 0.2) is 18.2 Å². The molecule has 1 aliphatic heterocycles. The van der Waals surface area contributed by atoms with Crippen molar-refractivity contribution >= 4 is 39.2 Å². The van der Waals surface area contributed by atoms with Gasteiger partial charge in [-0.2, -0.15) is 0 Å². The van der Waals surface area contributed by atoms with Gasteiger partial charge in [0.25, 0.3) is 0 Å². The molecular weight excluding hydrogens is 416 g/mol. The molecule has 2 aromatic heterocycles. The van der Waals surface area contributed by atoms with Crippen LogP contribution >= 0.6 is 0 Å². The Labute approximate surface area is 195 Å². The van der Waals surface area contributed by atoms with Gasteiger partial charge in [0.2, 0.25) is 0 Å². The highest BCUT2D eigenvalue weighted by atomic mass is 16.5. The van der Waals surface area contributed by atoms with E-state index in [2.05, 4.69) is 47.0 Å². The number of fused-ring (bicyclic) bond motifs is 3. The zero-order chi connectivity index (χ0) is 23.4. The molecule has 1 saturated heterocycles. The van der Waals surface area contributed by atoms with E-state index in [1.165, 1.54) is 5.69 Å². The quantitative estimate of drug-likeness (QED) is 0.361. The number of nitrogen functional groups attached to an aromatic ring is 1. The number of aromatic nitrogens is 3. The molecule has 8 nitrogen and oxygen atoms in total. The van der Waals surface area contributed by atoms with Crippen molar-refractivity contribution in [3.8, 4) is 0 Å². The minimum absolute atomic E-state index is 0.179. The molecule has 1 fully saturated rings. The summed E-state index contributed by atoms with van der Waals surface area (Å²) in [4.78, 5) is 26.4. The highest BCUT2D eigenvalue weighted by Gasteiger charge is 2.31. The van der Waals surface area contributed by atoms with Gasteiger partial charge in [-0.05, 0) is 19.4 Å². The molecule has 0 aliphatic carbocycles. The van der Waals surface area contributed by atoms with Crippen LogP contribution in [0.1, 0.15) is 38.9 Å². The van der Waals surface area contributed by atoms with E-state index in [9.17, 15) is 4.79 Å². The Hall–Kier alpha value is -2.55. The van der Waals surface area contributed by atoms with Crippen molar-refractivity contribution < 1.29 is 9.53 Å². The Morgan fingerprint density at radius 2 is 2.03 bits per heavy atom. The van der Waals surface area contributed by atoms with Crippen LogP contribution in [-0.2, 0) is 16.0 Å². The Balaban J connectivity index is 1.48. The number of ketones is 1. The fraction of sp³-hybridized carbons (Fsp3) is 0.560. The van der Waals surface area contributed by atoms with Crippen molar-refractivity contribution in [2.75, 3.05) is 58.7 Å². The molecule has 0 saturated carbocycles. The fourth-order valence-electron chi connectivity index (χ4n) is 4.54. The van der Waals surface area contributed by atoms with Gasteiger partial charge >= 0.3 is 0 Å². The average molecular weight is 454 g/mol. The second-order valence-electron chi connectivity index (χ2n) is 9.46. The maximum atomic E-state index is 11.0. The third kappa shape index (κ3) is 5.34. The number of H-pyrrole nitrogens is 1. The number of aryl methyl sites for hydroxylation is 1. The van der Waals surface area contributed by atoms with Gasteiger partial charge in [-0.3, -0.25) is 14.2 Å². The first kappa shape index (κ1) is 23.6. The molecule has 0 amide bonds. The molecule has 1 aliphatic rings. The molecule has 0 spiro atoms. The number of carbonyl (C=O) groups excluding carboxylic acids is 1. The molecule has 33 heavy (non-hydrogen) atoms. The normalized spacial score (nSPS) is 16.6. The van der Waals surface area contributed by atoms with Crippen LogP contribution in [0.5, 0.6) is 0 Å². The van der Waals surface area contributed by atoms with Gasteiger partial charge in [-0.15, -0.1) is 0 Å². The highest BCUT2D eigenvalue weighted by molar-refractivity contribution is 6.07. The van der Waals surface area contributed by atoms with Crippen molar-refractivity contribution in [1.82, 2.24) is 24.3 Å². The number of likely N-dealkylation sites (N-methyl/N-ethyl adjacent to an activating group) is 1. The maximum Gasteiger partial charge on any atom is 0.150 e. The number of Topliss-reactive ketones (excluding diaryl/α,β-unsaturated/α-hetero) is 1. The Morgan fingerprint density at radius 3 is 2.76 bits per heavy atom. The van der Waals surface area contributed by atoms with E-state index < -0.39 is 0 Å². The Bertz CT molecular complexity index is 1120. The van der Waals surface area contributed by atoms with Gasteiger partial charge in [-0.1, -0.05) is 13.3 Å². The Morgan fingerprint density at radius 1 is 1.24 bits per heavy atom. The van der Waals surface area contributed by atoms with Gasteiger partial charge in [-0.25, -0.2) is 9.97 Å². The summed E-state index contributed by atoms with van der Waals surface area (Å²) >= 11 is 0. The molecular formula is C25H37N6O2+. The first-order valence-corrected chi connectivity index (χ1v) is 12.1. The number of rotatable bonds is 10. The maximum absolute atomic E-state index is 11.0. The summed E-state index contributed by atoms with van der Waals surface area (Å²) in [7, 11) is 2.31. The van der Waals surface area contributed by atoms with E-state index in [1.54, 1.807) is 6.92 Å². The number of nitrogens with one attached hydrogen (secondary N) is 1. The predicted octanol–water partition coefficient (Wildman–Crippen LogP) is 3.28. The third-order valence-corrected chi connectivity index (χ3v) is 6.85. The summed E-state index contributed by atoms with van der Waals surface area (Å²) < 4.78 is 6.50. The van der Waals surface area contributed by atoms with E-state index in [-0.39, 0.29) is 5.78 Å². The average Bonchev–Trinajstić information content (AvgIpc) is 3.24. The minimum Gasteiger partial charge on any atom is -0.382 e. The second kappa shape index (κ2) is 10.2. The summed E-state index contributed by atoms with van der Waals surface area (Å²) in [6, 6.07) is 6.53. The second-order valence-corrected chi connectivity index (χ2v) is 9.46. The largest absolute Gasteiger partial charge is 0.382 e. The number of hydrogen-bond donors (Lipinski definition) is 2. The lowest BCUT2D eigenvalue weighted by molar-refractivity contribution is -0.118. The number of carbonyl (C=O) groups is 1. The van der Waals surface area contributed by atoms with Crippen molar-refractivity contribution in [3.63, 3.8) is 0 Å². The number of unbranched alkanes of at least 4 members (excludes halogenated alkanes) is 1. The van der Waals surface area contributed by atoms with Crippen LogP contribution in [0.3, 0.4) is 0 Å². The van der Waals surface area contributed by atoms with E-state index in [4.69, 9.17) is 15.5 Å². The summed E-state index contributed by atoms with van der Waals surface area (Å²) in [5.41, 5.74) is 10.2. The van der Waals surface area contributed by atoms with Crippen LogP contribution < -0.4 is 10.2 Å². The standard InChI is InChI=1S/C25H37N6O2/c1-4-5-6-22-28-23-20-17-19(7-8-21(20)27-25(26)24(23)29-22)31(3)13-10-30(11-14-31)12-16-33-15-9-18(2)32/h7-8,17H,4-6,9-16H2,1-3H3,(H2,26,27)(H,28,29)/q+1. The molecule has 0 atom stereocenters. The number of hydrogen-bond acceptors (Lipinski definition) is 6. The summed E-state index contributed by atoms with van der Waals surface area (Å²) in [5.74, 6) is 1.68.